The van der Waals surface area contributed by atoms with E-state index in [-0.39, 0.29) is 35.3 Å². The van der Waals surface area contributed by atoms with Crippen LogP contribution in [0, 0.1) is 11.3 Å². The van der Waals surface area contributed by atoms with Crippen LogP contribution in [0.15, 0.2) is 77.4 Å². The minimum atomic E-state index is -0.534. The molecule has 1 saturated heterocycles. The van der Waals surface area contributed by atoms with Crippen LogP contribution in [0.1, 0.15) is 45.6 Å². The molecule has 0 unspecified atom stereocenters. The van der Waals surface area contributed by atoms with E-state index in [2.05, 4.69) is 15.3 Å². The number of para-hydroxylation sites is 1. The molecule has 0 bridgehead atoms. The van der Waals surface area contributed by atoms with E-state index < -0.39 is 11.4 Å². The van der Waals surface area contributed by atoms with Gasteiger partial charge in [0, 0.05) is 30.7 Å². The third-order valence-corrected chi connectivity index (χ3v) is 8.69. The van der Waals surface area contributed by atoms with Crippen molar-refractivity contribution in [3.8, 4) is 23.3 Å². The Morgan fingerprint density at radius 2 is 1.73 bits per heavy atom. The molecule has 6 rings (SSSR count). The summed E-state index contributed by atoms with van der Waals surface area (Å²) in [6, 6.07) is 18.4. The minimum absolute atomic E-state index is 0.0511. The van der Waals surface area contributed by atoms with Gasteiger partial charge in [-0.15, -0.1) is 0 Å². The number of β-amino-alcohol motifs (C(OH)–C–C–N with tert-alkyl or cyclic N) is 1. The Balaban J connectivity index is 1.18. The number of ether oxygens (including phenoxy) is 1. The van der Waals surface area contributed by atoms with E-state index in [9.17, 15) is 20.0 Å². The Bertz CT molecular complexity index is 1820. The number of nitrogens with two attached hydrogens (primary N) is 1. The van der Waals surface area contributed by atoms with Gasteiger partial charge in [-0.2, -0.15) is 5.26 Å². The molecule has 45 heavy (non-hydrogen) atoms. The van der Waals surface area contributed by atoms with Crippen LogP contribution in [-0.2, 0) is 4.79 Å². The van der Waals surface area contributed by atoms with Crippen LogP contribution in [0.25, 0.3) is 16.9 Å². The number of carbonyl (C=O) groups excluding carboxylic acids is 1. The Labute approximate surface area is 260 Å². The molecule has 0 spiro atoms. The maximum absolute atomic E-state index is 14.0. The van der Waals surface area contributed by atoms with Gasteiger partial charge in [0.15, 0.2) is 11.5 Å². The van der Waals surface area contributed by atoms with Crippen LogP contribution in [0.2, 0.25) is 0 Å². The monoisotopic (exact) mass is 608 g/mol. The Morgan fingerprint density at radius 3 is 2.38 bits per heavy atom. The lowest BCUT2D eigenvalue weighted by Gasteiger charge is -2.46. The fourth-order valence-electron chi connectivity index (χ4n) is 6.18. The van der Waals surface area contributed by atoms with E-state index in [1.165, 1.54) is 10.9 Å². The molecular formula is C33H36N8O4. The molecule has 12 nitrogen and oxygen atoms in total. The van der Waals surface area contributed by atoms with E-state index in [1.54, 1.807) is 34.9 Å². The Morgan fingerprint density at radius 1 is 1.07 bits per heavy atom. The molecule has 0 atom stereocenters. The van der Waals surface area contributed by atoms with E-state index in [0.717, 1.165) is 0 Å². The molecule has 3 heterocycles. The van der Waals surface area contributed by atoms with Crippen molar-refractivity contribution < 1.29 is 14.6 Å². The van der Waals surface area contributed by atoms with Crippen molar-refractivity contribution in [2.45, 2.75) is 63.3 Å². The average molecular weight is 609 g/mol. The highest BCUT2D eigenvalue weighted by molar-refractivity contribution is 5.97. The van der Waals surface area contributed by atoms with Gasteiger partial charge in [0.2, 0.25) is 0 Å². The van der Waals surface area contributed by atoms with E-state index in [4.69, 9.17) is 10.5 Å². The number of carbonyl (C=O) groups is 1. The van der Waals surface area contributed by atoms with Crippen molar-refractivity contribution >= 4 is 22.9 Å². The second-order valence-electron chi connectivity index (χ2n) is 12.2. The quantitative estimate of drug-likeness (QED) is 0.201. The summed E-state index contributed by atoms with van der Waals surface area (Å²) in [7, 11) is 0. The second kappa shape index (κ2) is 12.2. The van der Waals surface area contributed by atoms with Crippen LogP contribution < -0.4 is 21.5 Å². The number of nitrogens with one attached hydrogen (secondary N) is 1. The molecule has 2 aromatic heterocycles. The lowest BCUT2D eigenvalue weighted by Crippen LogP contribution is -2.59. The number of imidazole rings is 1. The van der Waals surface area contributed by atoms with Gasteiger partial charge in [-0.25, -0.2) is 14.8 Å². The van der Waals surface area contributed by atoms with Crippen molar-refractivity contribution in [3.05, 3.63) is 83.1 Å². The topological polar surface area (TPSA) is 164 Å². The van der Waals surface area contributed by atoms with Crippen molar-refractivity contribution in [2.75, 3.05) is 18.8 Å². The highest BCUT2D eigenvalue weighted by Crippen LogP contribution is 2.32. The smallest absolute Gasteiger partial charge is 0.335 e. The zero-order valence-electron chi connectivity index (χ0n) is 25.3. The number of aliphatic hydroxyl groups is 1. The van der Waals surface area contributed by atoms with Crippen LogP contribution in [0.4, 0.5) is 5.82 Å². The number of hydrogen-bond acceptors (Lipinski definition) is 9. The first-order valence-corrected chi connectivity index (χ1v) is 15.1. The number of aromatic nitrogens is 4. The fourth-order valence-corrected chi connectivity index (χ4v) is 6.18. The van der Waals surface area contributed by atoms with Crippen LogP contribution in [-0.4, -0.2) is 65.8 Å². The first kappa shape index (κ1) is 30.1. The molecule has 0 radical (unpaired) electrons. The number of aliphatic hydroxyl groups excluding tert-OH is 1. The zero-order chi connectivity index (χ0) is 31.7. The van der Waals surface area contributed by atoms with Crippen LogP contribution in [0.3, 0.4) is 0 Å². The van der Waals surface area contributed by atoms with Gasteiger partial charge < -0.3 is 20.9 Å². The van der Waals surface area contributed by atoms with E-state index >= 15 is 0 Å². The summed E-state index contributed by atoms with van der Waals surface area (Å²) < 4.78 is 9.13. The number of likely N-dealkylation sites (tertiary alicyclic amines) is 1. The fraction of sp³-hybridized carbons (Fsp3) is 0.364. The highest BCUT2D eigenvalue weighted by atomic mass is 16.5. The number of rotatable bonds is 8. The number of fused-ring (bicyclic) bond motifs is 1. The number of benzene rings is 2. The van der Waals surface area contributed by atoms with E-state index in [1.807, 2.05) is 55.1 Å². The molecule has 2 fully saturated rings. The SMILES string of the molecule is CC(C)(C=C(C#N)C(=O)NC1CCC(n2c(=O)n(-c3ccc(Oc4ccccc4)cc3)c3c(N)ncnc32)CC1)N1CC(O)C1. The van der Waals surface area contributed by atoms with E-state index in [0.29, 0.717) is 67.1 Å². The molecule has 4 aromatic rings. The highest BCUT2D eigenvalue weighted by Gasteiger charge is 2.36. The molecule has 12 heteroatoms. The maximum Gasteiger partial charge on any atom is 0.335 e. The summed E-state index contributed by atoms with van der Waals surface area (Å²) in [6.07, 6.45) is 5.15. The normalized spacial score (nSPS) is 19.6. The third-order valence-electron chi connectivity index (χ3n) is 8.69. The molecule has 1 amide bonds. The number of nitrogens with zero attached hydrogens (tertiary/aromatic N) is 6. The lowest BCUT2D eigenvalue weighted by atomic mass is 9.90. The molecule has 1 saturated carbocycles. The van der Waals surface area contributed by atoms with Crippen LogP contribution in [0.5, 0.6) is 11.5 Å². The van der Waals surface area contributed by atoms with Gasteiger partial charge in [-0.1, -0.05) is 18.2 Å². The predicted octanol–water partition coefficient (Wildman–Crippen LogP) is 3.46. The lowest BCUT2D eigenvalue weighted by molar-refractivity contribution is -0.118. The summed E-state index contributed by atoms with van der Waals surface area (Å²) in [4.78, 5) is 37.7. The number of hydrogen-bond donors (Lipinski definition) is 3. The van der Waals surface area contributed by atoms with Gasteiger partial charge in [-0.3, -0.25) is 18.8 Å². The third kappa shape index (κ3) is 6.05. The Hall–Kier alpha value is -4.99. The summed E-state index contributed by atoms with van der Waals surface area (Å²) in [5.74, 6) is 1.13. The molecule has 2 aromatic carbocycles. The van der Waals surface area contributed by atoms with Crippen molar-refractivity contribution in [3.63, 3.8) is 0 Å². The molecule has 232 valence electrons. The summed E-state index contributed by atoms with van der Waals surface area (Å²) in [5, 5.41) is 22.4. The second-order valence-corrected chi connectivity index (χ2v) is 12.2. The molecule has 4 N–H and O–H groups in total. The van der Waals surface area contributed by atoms with Crippen molar-refractivity contribution in [1.82, 2.24) is 29.3 Å². The van der Waals surface area contributed by atoms with Gasteiger partial charge >= 0.3 is 5.69 Å². The number of nitrogen functional groups attached to an aromatic ring is 1. The molecule has 1 aliphatic carbocycles. The molecule has 1 aliphatic heterocycles. The van der Waals surface area contributed by atoms with Crippen LogP contribution >= 0.6 is 0 Å². The Kier molecular flexibility index (Phi) is 8.14. The summed E-state index contributed by atoms with van der Waals surface area (Å²) in [5.41, 5.74) is 7.05. The maximum atomic E-state index is 14.0. The van der Waals surface area contributed by atoms with Crippen molar-refractivity contribution in [1.29, 1.82) is 5.26 Å². The van der Waals surface area contributed by atoms with Crippen molar-refractivity contribution in [2.24, 2.45) is 0 Å². The first-order chi connectivity index (χ1) is 21.6. The van der Waals surface area contributed by atoms with Gasteiger partial charge in [0.25, 0.3) is 5.91 Å². The number of nitriles is 1. The summed E-state index contributed by atoms with van der Waals surface area (Å²) >= 11 is 0. The average Bonchev–Trinajstić information content (AvgIpc) is 3.32. The first-order valence-electron chi connectivity index (χ1n) is 15.1. The minimum Gasteiger partial charge on any atom is -0.457 e. The largest absolute Gasteiger partial charge is 0.457 e. The standard InChI is InChI=1S/C33H36N8O4/c1-33(2,39-18-25(42)19-39)16-21(17-34)31(43)38-22-8-10-24(11-9-22)41-30-28(29(35)36-20-37-30)40(32(41)44)23-12-14-27(15-13-23)45-26-6-4-3-5-7-26/h3-7,12-16,20,22,24-25,42H,8-11,18-19H2,1-2H3,(H,38,43)(H2,35,36,37). The zero-order valence-corrected chi connectivity index (χ0v) is 25.3. The van der Waals surface area contributed by atoms with Gasteiger partial charge in [-0.05, 0) is 82.0 Å². The van der Waals surface area contributed by atoms with Gasteiger partial charge in [0.1, 0.15) is 35.0 Å². The number of anilines is 1. The van der Waals surface area contributed by atoms with Gasteiger partial charge in [0.05, 0.1) is 11.8 Å². The molecule has 2 aliphatic rings. The predicted molar refractivity (Wildman–Crippen MR) is 169 cm³/mol. The molecular weight excluding hydrogens is 572 g/mol. The number of amides is 1. The summed E-state index contributed by atoms with van der Waals surface area (Å²) in [6.45, 7) is 4.86.